The zero-order valence-electron chi connectivity index (χ0n) is 20.9. The molecule has 3 aromatic carbocycles. The van der Waals surface area contributed by atoms with E-state index in [0.717, 1.165) is 21.4 Å². The van der Waals surface area contributed by atoms with Gasteiger partial charge in [-0.3, -0.25) is 4.18 Å². The Morgan fingerprint density at radius 2 is 1.58 bits per heavy atom. The second-order valence-electron chi connectivity index (χ2n) is 8.84. The summed E-state index contributed by atoms with van der Waals surface area (Å²) < 4.78 is 56.2. The van der Waals surface area contributed by atoms with Crippen LogP contribution in [0.5, 0.6) is 0 Å². The normalized spacial score (nSPS) is 26.7. The molecule has 2 heterocycles. The summed E-state index contributed by atoms with van der Waals surface area (Å²) in [6.07, 6.45) is -2.65. The van der Waals surface area contributed by atoms with E-state index in [1.54, 1.807) is 6.92 Å². The first-order valence-corrected chi connectivity index (χ1v) is 14.8. The minimum Gasteiger partial charge on any atom is -0.365 e. The molecule has 0 aliphatic carbocycles. The maximum absolute atomic E-state index is 12.9. The van der Waals surface area contributed by atoms with Gasteiger partial charge in [-0.25, -0.2) is 0 Å². The zero-order chi connectivity index (χ0) is 26.4. The van der Waals surface area contributed by atoms with Crippen molar-refractivity contribution in [3.63, 3.8) is 0 Å². The molecule has 38 heavy (non-hydrogen) atoms. The fourth-order valence-electron chi connectivity index (χ4n) is 4.44. The molecule has 9 heteroatoms. The van der Waals surface area contributed by atoms with Crippen LogP contribution in [-0.4, -0.2) is 45.4 Å². The highest BCUT2D eigenvalue weighted by Crippen LogP contribution is 2.43. The topological polar surface area (TPSA) is 80.3 Å². The van der Waals surface area contributed by atoms with Gasteiger partial charge >= 0.3 is 0 Å². The molecule has 0 radical (unpaired) electrons. The number of rotatable bonds is 9. The third-order valence-electron chi connectivity index (χ3n) is 6.14. The summed E-state index contributed by atoms with van der Waals surface area (Å²) in [6.45, 7) is 2.15. The predicted octanol–water partition coefficient (Wildman–Crippen LogP) is 5.45. The lowest BCUT2D eigenvalue weighted by molar-refractivity contribution is -0.277. The lowest BCUT2D eigenvalue weighted by Crippen LogP contribution is -2.54. The highest BCUT2D eigenvalue weighted by atomic mass is 32.2. The van der Waals surface area contributed by atoms with E-state index in [4.69, 9.17) is 23.1 Å². The van der Waals surface area contributed by atoms with Crippen LogP contribution in [0, 0.1) is 0 Å². The fourth-order valence-corrected chi connectivity index (χ4v) is 6.58. The molecule has 5 rings (SSSR count). The average Bonchev–Trinajstić information content (AvgIpc) is 2.94. The van der Waals surface area contributed by atoms with E-state index < -0.39 is 40.2 Å². The van der Waals surface area contributed by atoms with E-state index in [0.29, 0.717) is 5.57 Å². The van der Waals surface area contributed by atoms with Crippen LogP contribution in [0.15, 0.2) is 107 Å². The second-order valence-corrected chi connectivity index (χ2v) is 11.5. The lowest BCUT2D eigenvalue weighted by Gasteiger charge is -2.46. The smallest absolute Gasteiger partial charge is 0.290 e. The predicted molar refractivity (Wildman–Crippen MR) is 145 cm³/mol. The summed E-state index contributed by atoms with van der Waals surface area (Å²) in [5.74, 6) is 0. The molecule has 0 spiro atoms. The molecule has 200 valence electrons. The van der Waals surface area contributed by atoms with Crippen LogP contribution in [-0.2, 0) is 39.9 Å². The maximum Gasteiger partial charge on any atom is 0.290 e. The van der Waals surface area contributed by atoms with Crippen molar-refractivity contribution in [2.45, 2.75) is 48.5 Å². The first-order chi connectivity index (χ1) is 18.5. The Labute approximate surface area is 227 Å². The van der Waals surface area contributed by atoms with Gasteiger partial charge in [0.05, 0.1) is 25.2 Å². The molecule has 2 fully saturated rings. The van der Waals surface area contributed by atoms with Crippen LogP contribution < -0.4 is 0 Å². The van der Waals surface area contributed by atoms with Gasteiger partial charge in [0, 0.05) is 16.0 Å². The lowest BCUT2D eigenvalue weighted by atomic mass is 9.96. The van der Waals surface area contributed by atoms with Crippen LogP contribution in [0.25, 0.3) is 0 Å². The van der Waals surface area contributed by atoms with Crippen molar-refractivity contribution < 1.29 is 31.5 Å². The number of hydrogen-bond donors (Lipinski definition) is 0. The van der Waals surface area contributed by atoms with E-state index in [9.17, 15) is 8.42 Å². The molecular formula is C29H30O7S2. The standard InChI is InChI=1S/C29H30O7S2/c1-2-34-38(30,31)20-24-26-25(19-33-28(36-26)22-14-8-4-9-15-22)35-29(37-23-16-10-5-11-17-23)27(24)32-18-21-12-6-3-7-13-21/h3-17,20,25-29H,2,18-19H2,1H3/b24-20+/t25-,26+,27-,28-,29+/m1/s1. The van der Waals surface area contributed by atoms with Crippen molar-refractivity contribution in [2.75, 3.05) is 13.2 Å². The minimum atomic E-state index is -4.00. The fraction of sp³-hybridized carbons (Fsp3) is 0.310. The highest BCUT2D eigenvalue weighted by Gasteiger charge is 2.48. The van der Waals surface area contributed by atoms with Crippen molar-refractivity contribution >= 4 is 21.9 Å². The van der Waals surface area contributed by atoms with Crippen molar-refractivity contribution in [1.29, 1.82) is 0 Å². The number of fused-ring (bicyclic) bond motifs is 1. The Bertz CT molecular complexity index is 1300. The summed E-state index contributed by atoms with van der Waals surface area (Å²) in [5.41, 5.74) is 1.69. The Hall–Kier alpha value is -2.50. The Morgan fingerprint density at radius 1 is 0.921 bits per heavy atom. The van der Waals surface area contributed by atoms with Gasteiger partial charge in [0.25, 0.3) is 10.1 Å². The number of ether oxygens (including phenoxy) is 4. The largest absolute Gasteiger partial charge is 0.365 e. The molecule has 2 aliphatic heterocycles. The molecule has 0 unspecified atom stereocenters. The Balaban J connectivity index is 1.51. The first-order valence-electron chi connectivity index (χ1n) is 12.5. The molecule has 0 N–H and O–H groups in total. The van der Waals surface area contributed by atoms with Crippen molar-refractivity contribution in [3.05, 3.63) is 113 Å². The molecule has 7 nitrogen and oxygen atoms in total. The third kappa shape index (κ3) is 6.73. The van der Waals surface area contributed by atoms with Crippen LogP contribution in [0.2, 0.25) is 0 Å². The highest BCUT2D eigenvalue weighted by molar-refractivity contribution is 7.99. The Kier molecular flexibility index (Phi) is 8.96. The van der Waals surface area contributed by atoms with Crippen LogP contribution in [0.4, 0.5) is 0 Å². The van der Waals surface area contributed by atoms with Gasteiger partial charge in [0.2, 0.25) is 0 Å². The van der Waals surface area contributed by atoms with E-state index in [1.165, 1.54) is 11.8 Å². The molecule has 5 atom stereocenters. The molecule has 0 amide bonds. The molecule has 2 saturated heterocycles. The molecular weight excluding hydrogens is 524 g/mol. The average molecular weight is 555 g/mol. The van der Waals surface area contributed by atoms with Gasteiger partial charge < -0.3 is 18.9 Å². The zero-order valence-corrected chi connectivity index (χ0v) is 22.6. The van der Waals surface area contributed by atoms with Gasteiger partial charge in [0.15, 0.2) is 6.29 Å². The van der Waals surface area contributed by atoms with Gasteiger partial charge in [-0.05, 0) is 24.6 Å². The second kappa shape index (κ2) is 12.6. The summed E-state index contributed by atoms with van der Waals surface area (Å²) >= 11 is 1.47. The monoisotopic (exact) mass is 554 g/mol. The first kappa shape index (κ1) is 27.1. The molecule has 0 bridgehead atoms. The van der Waals surface area contributed by atoms with Gasteiger partial charge in [-0.1, -0.05) is 90.6 Å². The van der Waals surface area contributed by atoms with E-state index in [-0.39, 0.29) is 19.8 Å². The van der Waals surface area contributed by atoms with Gasteiger partial charge in [-0.2, -0.15) is 8.42 Å². The Morgan fingerprint density at radius 3 is 2.26 bits per heavy atom. The van der Waals surface area contributed by atoms with Crippen molar-refractivity contribution in [2.24, 2.45) is 0 Å². The summed E-state index contributed by atoms with van der Waals surface area (Å²) in [4.78, 5) is 0.969. The van der Waals surface area contributed by atoms with Crippen LogP contribution >= 0.6 is 11.8 Å². The summed E-state index contributed by atoms with van der Waals surface area (Å²) in [5, 5.41) is 1.15. The molecule has 0 aromatic heterocycles. The SMILES string of the molecule is CCOS(=O)(=O)/C=C1/[C@@H](OCc2ccccc2)[C@H](Sc2ccccc2)O[C@@H]2CO[C@@H](c3ccccc3)O[C@@H]12. The number of hydrogen-bond acceptors (Lipinski definition) is 8. The van der Waals surface area contributed by atoms with Crippen molar-refractivity contribution in [3.8, 4) is 0 Å². The van der Waals surface area contributed by atoms with E-state index in [2.05, 4.69) is 0 Å². The number of benzene rings is 3. The minimum absolute atomic E-state index is 0.0189. The number of thioether (sulfide) groups is 1. The van der Waals surface area contributed by atoms with Gasteiger partial charge in [0.1, 0.15) is 23.7 Å². The third-order valence-corrected chi connectivity index (χ3v) is 8.40. The molecule has 3 aromatic rings. The summed E-state index contributed by atoms with van der Waals surface area (Å²) in [7, 11) is -4.00. The van der Waals surface area contributed by atoms with Crippen LogP contribution in [0.1, 0.15) is 24.3 Å². The van der Waals surface area contributed by atoms with E-state index in [1.807, 2.05) is 91.0 Å². The molecule has 0 saturated carbocycles. The van der Waals surface area contributed by atoms with Gasteiger partial charge in [-0.15, -0.1) is 0 Å². The van der Waals surface area contributed by atoms with Crippen LogP contribution in [0.3, 0.4) is 0 Å². The van der Waals surface area contributed by atoms with E-state index >= 15 is 0 Å². The van der Waals surface area contributed by atoms with Crippen molar-refractivity contribution in [1.82, 2.24) is 0 Å². The molecule has 2 aliphatic rings. The quantitative estimate of drug-likeness (QED) is 0.323. The maximum atomic E-state index is 12.9. The summed E-state index contributed by atoms with van der Waals surface area (Å²) in [6, 6.07) is 29.1.